The lowest BCUT2D eigenvalue weighted by atomic mass is 9.82. The summed E-state index contributed by atoms with van der Waals surface area (Å²) in [6.45, 7) is 3.74. The van der Waals surface area contributed by atoms with Crippen LogP contribution in [0.3, 0.4) is 0 Å². The van der Waals surface area contributed by atoms with Crippen LogP contribution < -0.4 is 5.32 Å². The molecule has 1 saturated carbocycles. The van der Waals surface area contributed by atoms with E-state index in [1.54, 1.807) is 0 Å². The van der Waals surface area contributed by atoms with Crippen molar-refractivity contribution in [1.29, 1.82) is 0 Å². The quantitative estimate of drug-likeness (QED) is 0.504. The number of carbonyl (C=O) groups excluding carboxylic acids is 1. The van der Waals surface area contributed by atoms with Crippen molar-refractivity contribution in [1.82, 2.24) is 5.32 Å². The summed E-state index contributed by atoms with van der Waals surface area (Å²) in [6.07, 6.45) is 4.35. The molecule has 0 heterocycles. The van der Waals surface area contributed by atoms with Crippen molar-refractivity contribution < 1.29 is 14.3 Å². The Balaban J connectivity index is 1.93. The molecule has 0 aromatic heterocycles. The highest BCUT2D eigenvalue weighted by Gasteiger charge is 2.29. The molecule has 1 rings (SSSR count). The van der Waals surface area contributed by atoms with E-state index in [-0.39, 0.29) is 18.7 Å². The van der Waals surface area contributed by atoms with Crippen LogP contribution in [0.5, 0.6) is 0 Å². The third kappa shape index (κ3) is 4.94. The lowest BCUT2D eigenvalue weighted by molar-refractivity contribution is -0.154. The van der Waals surface area contributed by atoms with Gasteiger partial charge in [0.05, 0.1) is 12.7 Å². The molecular formula is C12H23NO3. The fraction of sp³-hybridized carbons (Fsp3) is 0.917. The van der Waals surface area contributed by atoms with Gasteiger partial charge in [0, 0.05) is 0 Å². The maximum atomic E-state index is 11.2. The number of ether oxygens (including phenoxy) is 2. The normalized spacial score (nSPS) is 23.9. The van der Waals surface area contributed by atoms with E-state index >= 15 is 0 Å². The van der Waals surface area contributed by atoms with E-state index in [9.17, 15) is 4.79 Å². The topological polar surface area (TPSA) is 47.6 Å². The molecule has 0 bridgehead atoms. The summed E-state index contributed by atoms with van der Waals surface area (Å²) >= 11 is 0. The molecular weight excluding hydrogens is 206 g/mol. The zero-order valence-corrected chi connectivity index (χ0v) is 10.3. The summed E-state index contributed by atoms with van der Waals surface area (Å²) in [5.74, 6) is 0.483. The van der Waals surface area contributed by atoms with Crippen molar-refractivity contribution >= 4 is 5.97 Å². The van der Waals surface area contributed by atoms with Gasteiger partial charge in [-0.1, -0.05) is 13.3 Å². The molecule has 1 N–H and O–H groups in total. The lowest BCUT2D eigenvalue weighted by Crippen LogP contribution is -2.38. The first-order chi connectivity index (χ1) is 7.76. The number of esters is 1. The molecule has 0 atom stereocenters. The fourth-order valence-corrected chi connectivity index (χ4v) is 1.82. The van der Waals surface area contributed by atoms with Crippen molar-refractivity contribution in [3.8, 4) is 0 Å². The van der Waals surface area contributed by atoms with Gasteiger partial charge >= 0.3 is 5.97 Å². The molecule has 1 aliphatic rings. The van der Waals surface area contributed by atoms with E-state index in [1.807, 2.05) is 7.05 Å². The number of hydrogen-bond acceptors (Lipinski definition) is 4. The molecule has 0 saturated heterocycles. The first kappa shape index (κ1) is 13.5. The summed E-state index contributed by atoms with van der Waals surface area (Å²) in [5, 5.41) is 3.14. The summed E-state index contributed by atoms with van der Waals surface area (Å²) in [6, 6.07) is 0. The predicted molar refractivity (Wildman–Crippen MR) is 62.3 cm³/mol. The number of rotatable bonds is 8. The van der Waals surface area contributed by atoms with Gasteiger partial charge < -0.3 is 14.8 Å². The van der Waals surface area contributed by atoms with Crippen molar-refractivity contribution in [2.75, 3.05) is 26.8 Å². The van der Waals surface area contributed by atoms with Crippen LogP contribution in [0.25, 0.3) is 0 Å². The zero-order chi connectivity index (χ0) is 11.8. The number of unbranched alkanes of at least 4 members (excludes halogenated alkanes) is 1. The molecule has 0 aromatic rings. The summed E-state index contributed by atoms with van der Waals surface area (Å²) in [4.78, 5) is 11.2. The molecule has 94 valence electrons. The Morgan fingerprint density at radius 3 is 2.81 bits per heavy atom. The molecule has 0 amide bonds. The van der Waals surface area contributed by atoms with Gasteiger partial charge in [0.15, 0.2) is 0 Å². The molecule has 4 nitrogen and oxygen atoms in total. The van der Waals surface area contributed by atoms with Crippen molar-refractivity contribution in [3.63, 3.8) is 0 Å². The van der Waals surface area contributed by atoms with Crippen LogP contribution in [0.2, 0.25) is 0 Å². The van der Waals surface area contributed by atoms with Crippen LogP contribution in [-0.4, -0.2) is 38.9 Å². The zero-order valence-electron chi connectivity index (χ0n) is 10.3. The van der Waals surface area contributed by atoms with Crippen molar-refractivity contribution in [2.24, 2.45) is 5.92 Å². The molecule has 0 spiro atoms. The molecule has 16 heavy (non-hydrogen) atoms. The van der Waals surface area contributed by atoms with E-state index in [0.29, 0.717) is 12.5 Å². The second-order valence-corrected chi connectivity index (χ2v) is 4.40. The van der Waals surface area contributed by atoms with Gasteiger partial charge in [-0.05, 0) is 38.8 Å². The Bertz CT molecular complexity index is 202. The molecule has 4 heteroatoms. The SMILES string of the molecule is CCCCOC(=O)COC1CC(CNC)C1. The van der Waals surface area contributed by atoms with Gasteiger partial charge in [-0.15, -0.1) is 0 Å². The second kappa shape index (κ2) is 7.63. The number of carbonyl (C=O) groups is 1. The summed E-state index contributed by atoms with van der Waals surface area (Å²) in [7, 11) is 1.96. The van der Waals surface area contributed by atoms with Crippen LogP contribution in [0.15, 0.2) is 0 Å². The van der Waals surface area contributed by atoms with Gasteiger partial charge in [0.1, 0.15) is 6.61 Å². The highest BCUT2D eigenvalue weighted by molar-refractivity contribution is 5.70. The van der Waals surface area contributed by atoms with Crippen molar-refractivity contribution in [3.05, 3.63) is 0 Å². The highest BCUT2D eigenvalue weighted by Crippen LogP contribution is 2.29. The lowest BCUT2D eigenvalue weighted by Gasteiger charge is -2.34. The Hall–Kier alpha value is -0.610. The van der Waals surface area contributed by atoms with Crippen LogP contribution in [-0.2, 0) is 14.3 Å². The van der Waals surface area contributed by atoms with E-state index in [2.05, 4.69) is 12.2 Å². The standard InChI is InChI=1S/C12H23NO3/c1-3-4-5-15-12(14)9-16-11-6-10(7-11)8-13-2/h10-11,13H,3-9H2,1-2H3. The molecule has 0 aliphatic heterocycles. The first-order valence-electron chi connectivity index (χ1n) is 6.18. The number of nitrogens with one attached hydrogen (secondary N) is 1. The molecule has 0 aromatic carbocycles. The molecule has 1 aliphatic carbocycles. The van der Waals surface area contributed by atoms with Gasteiger partial charge in [0.2, 0.25) is 0 Å². The largest absolute Gasteiger partial charge is 0.464 e. The summed E-state index contributed by atoms with van der Waals surface area (Å²) in [5.41, 5.74) is 0. The van der Waals surface area contributed by atoms with Crippen LogP contribution in [0.4, 0.5) is 0 Å². The minimum Gasteiger partial charge on any atom is -0.464 e. The van der Waals surface area contributed by atoms with E-state index in [1.165, 1.54) is 0 Å². The highest BCUT2D eigenvalue weighted by atomic mass is 16.6. The maximum absolute atomic E-state index is 11.2. The average Bonchev–Trinajstić information content (AvgIpc) is 2.21. The third-order valence-corrected chi connectivity index (χ3v) is 2.88. The predicted octanol–water partition coefficient (Wildman–Crippen LogP) is 1.34. The Morgan fingerprint density at radius 2 is 2.19 bits per heavy atom. The Morgan fingerprint density at radius 1 is 1.44 bits per heavy atom. The minimum absolute atomic E-state index is 0.112. The van der Waals surface area contributed by atoms with Crippen LogP contribution >= 0.6 is 0 Å². The molecule has 1 fully saturated rings. The number of hydrogen-bond donors (Lipinski definition) is 1. The second-order valence-electron chi connectivity index (χ2n) is 4.40. The van der Waals surface area contributed by atoms with Crippen LogP contribution in [0, 0.1) is 5.92 Å². The third-order valence-electron chi connectivity index (χ3n) is 2.88. The van der Waals surface area contributed by atoms with Crippen LogP contribution in [0.1, 0.15) is 32.6 Å². The van der Waals surface area contributed by atoms with E-state index in [4.69, 9.17) is 9.47 Å². The molecule has 0 unspecified atom stereocenters. The van der Waals surface area contributed by atoms with Gasteiger partial charge in [-0.2, -0.15) is 0 Å². The first-order valence-corrected chi connectivity index (χ1v) is 6.18. The monoisotopic (exact) mass is 229 g/mol. The van der Waals surface area contributed by atoms with Gasteiger partial charge in [-0.3, -0.25) is 0 Å². The van der Waals surface area contributed by atoms with Gasteiger partial charge in [-0.25, -0.2) is 4.79 Å². The smallest absolute Gasteiger partial charge is 0.332 e. The van der Waals surface area contributed by atoms with E-state index in [0.717, 1.165) is 32.2 Å². The van der Waals surface area contributed by atoms with E-state index < -0.39 is 0 Å². The maximum Gasteiger partial charge on any atom is 0.332 e. The Kier molecular flexibility index (Phi) is 6.42. The fourth-order valence-electron chi connectivity index (χ4n) is 1.82. The average molecular weight is 229 g/mol. The van der Waals surface area contributed by atoms with Crippen molar-refractivity contribution in [2.45, 2.75) is 38.7 Å². The summed E-state index contributed by atoms with van der Waals surface area (Å²) < 4.78 is 10.4. The van der Waals surface area contributed by atoms with Gasteiger partial charge in [0.25, 0.3) is 0 Å². The molecule has 0 radical (unpaired) electrons. The Labute approximate surface area is 97.7 Å². The minimum atomic E-state index is -0.231.